The van der Waals surface area contributed by atoms with E-state index in [9.17, 15) is 13.8 Å². The van der Waals surface area contributed by atoms with Gasteiger partial charge in [0.05, 0.1) is 0 Å². The third-order valence-corrected chi connectivity index (χ3v) is 10.7. The van der Waals surface area contributed by atoms with Crippen molar-refractivity contribution < 1.29 is 13.8 Å². The van der Waals surface area contributed by atoms with Crippen molar-refractivity contribution in [1.29, 1.82) is 0 Å². The second-order valence-corrected chi connectivity index (χ2v) is 14.0. The molecule has 0 saturated heterocycles. The number of thiol groups is 2. The van der Waals surface area contributed by atoms with Crippen LogP contribution in [0.15, 0.2) is 0 Å². The molecule has 226 valence electrons. The topological polar surface area (TPSA) is 51.2 Å². The zero-order chi connectivity index (χ0) is 28.3. The van der Waals surface area contributed by atoms with E-state index in [1.807, 2.05) is 0 Å². The third-order valence-electron chi connectivity index (χ3n) is 7.75. The summed E-state index contributed by atoms with van der Waals surface area (Å²) < 4.78 is 13.2. The minimum Gasteiger partial charge on any atom is -0.286 e. The number of rotatable bonds is 30. The number of carbonyl (C=O) groups is 2. The van der Waals surface area contributed by atoms with Crippen molar-refractivity contribution in [3.8, 4) is 0 Å². The molecule has 0 aliphatic carbocycles. The molecule has 2 unspecified atom stereocenters. The summed E-state index contributed by atoms with van der Waals surface area (Å²) in [6.07, 6.45) is 31.2. The van der Waals surface area contributed by atoms with Crippen LogP contribution in [0.4, 0.5) is 0 Å². The number of carbonyl (C=O) groups excluding carboxylic acids is 2. The predicted octanol–water partition coefficient (Wildman–Crippen LogP) is 10.6. The van der Waals surface area contributed by atoms with Crippen LogP contribution in [0.2, 0.25) is 0 Å². The van der Waals surface area contributed by atoms with E-state index in [2.05, 4.69) is 39.1 Å². The molecule has 0 rings (SSSR count). The zero-order valence-electron chi connectivity index (χ0n) is 25.1. The highest BCUT2D eigenvalue weighted by atomic mass is 32.2. The van der Waals surface area contributed by atoms with E-state index >= 15 is 0 Å². The molecule has 0 heterocycles. The van der Waals surface area contributed by atoms with Gasteiger partial charge in [-0.25, -0.2) is 0 Å². The van der Waals surface area contributed by atoms with Crippen LogP contribution in [-0.2, 0) is 20.4 Å². The van der Waals surface area contributed by atoms with Gasteiger partial charge in [-0.3, -0.25) is 13.8 Å². The summed E-state index contributed by atoms with van der Waals surface area (Å²) in [6.45, 7) is 4.51. The van der Waals surface area contributed by atoms with Gasteiger partial charge in [-0.2, -0.15) is 0 Å². The van der Waals surface area contributed by atoms with E-state index in [0.717, 1.165) is 38.5 Å². The first-order valence-electron chi connectivity index (χ1n) is 16.3. The van der Waals surface area contributed by atoms with Gasteiger partial charge >= 0.3 is 0 Å². The molecule has 0 amide bonds. The molecule has 0 N–H and O–H groups in total. The van der Waals surface area contributed by atoms with Gasteiger partial charge in [-0.1, -0.05) is 168 Å². The molecule has 6 heteroatoms. The Labute approximate surface area is 250 Å². The molecule has 0 aromatic heterocycles. The van der Waals surface area contributed by atoms with Gasteiger partial charge in [-0.15, -0.1) is 25.3 Å². The van der Waals surface area contributed by atoms with Crippen LogP contribution in [0, 0.1) is 0 Å². The molecule has 3 nitrogen and oxygen atoms in total. The van der Waals surface area contributed by atoms with Crippen LogP contribution in [0.5, 0.6) is 0 Å². The maximum Gasteiger partial charge on any atom is 0.201 e. The molecule has 2 atom stereocenters. The first-order valence-corrected chi connectivity index (χ1v) is 18.5. The van der Waals surface area contributed by atoms with Gasteiger partial charge in [0.1, 0.15) is 10.5 Å². The molecule has 0 aliphatic rings. The van der Waals surface area contributed by atoms with Gasteiger partial charge in [0.25, 0.3) is 0 Å². The van der Waals surface area contributed by atoms with Crippen LogP contribution in [-0.4, -0.2) is 24.9 Å². The summed E-state index contributed by atoms with van der Waals surface area (Å²) in [6, 6.07) is 0. The van der Waals surface area contributed by atoms with Gasteiger partial charge in [0.2, 0.25) is 10.2 Å². The maximum absolute atomic E-state index is 13.2. The largest absolute Gasteiger partial charge is 0.286 e. The molecule has 0 fully saturated rings. The van der Waals surface area contributed by atoms with Crippen LogP contribution >= 0.6 is 25.3 Å². The molecule has 0 spiro atoms. The van der Waals surface area contributed by atoms with Crippen LogP contribution in [0.25, 0.3) is 0 Å². The van der Waals surface area contributed by atoms with E-state index in [1.54, 1.807) is 0 Å². The minimum atomic E-state index is -1.54. The van der Waals surface area contributed by atoms with Crippen molar-refractivity contribution >= 4 is 46.3 Å². The second kappa shape index (κ2) is 28.7. The zero-order valence-corrected chi connectivity index (χ0v) is 27.7. The van der Waals surface area contributed by atoms with E-state index in [0.29, 0.717) is 12.8 Å². The summed E-state index contributed by atoms with van der Waals surface area (Å²) in [4.78, 5) is 24.3. The minimum absolute atomic E-state index is 0.347. The molecule has 0 saturated carbocycles. The molecular weight excluding hydrogens is 529 g/mol. The Hall–Kier alpha value is 0.190. The van der Waals surface area contributed by atoms with Crippen LogP contribution < -0.4 is 0 Å². The van der Waals surface area contributed by atoms with Gasteiger partial charge < -0.3 is 0 Å². The van der Waals surface area contributed by atoms with E-state index < -0.39 is 21.3 Å². The van der Waals surface area contributed by atoms with Crippen molar-refractivity contribution in [3.05, 3.63) is 0 Å². The highest BCUT2D eigenvalue weighted by molar-refractivity contribution is 8.02. The van der Waals surface area contributed by atoms with E-state index in [4.69, 9.17) is 0 Å². The van der Waals surface area contributed by atoms with Gasteiger partial charge in [0.15, 0.2) is 0 Å². The Morgan fingerprint density at radius 3 is 0.868 bits per heavy atom. The van der Waals surface area contributed by atoms with Gasteiger partial charge in [-0.05, 0) is 12.8 Å². The molecule has 38 heavy (non-hydrogen) atoms. The second-order valence-electron chi connectivity index (χ2n) is 11.3. The monoisotopic (exact) mass is 590 g/mol. The van der Waals surface area contributed by atoms with Crippen molar-refractivity contribution in [3.63, 3.8) is 0 Å². The molecule has 0 radical (unpaired) electrons. The molecule has 0 aromatic rings. The lowest BCUT2D eigenvalue weighted by Gasteiger charge is -2.19. The summed E-state index contributed by atoms with van der Waals surface area (Å²) in [5.41, 5.74) is 0. The standard InChI is InChI=1S/C32H62O3S3/c1-3-5-7-9-11-13-15-17-19-21-23-25-27-29(31(33)36)38(35)30(32(34)37)28-26-24-22-20-18-16-14-12-10-8-6-4-2/h29-30H,3-28H2,1-2H3,(H,33,36)(H,34,37). The Balaban J connectivity index is 4.03. The number of hydrogen-bond donors (Lipinski definition) is 2. The van der Waals surface area contributed by atoms with E-state index in [-0.39, 0.29) is 10.2 Å². The SMILES string of the molecule is CCCCCCCCCCCCCCC(C(=O)S)S(=O)C(CCCCCCCCCCCCCC)C(=O)S. The Bertz CT molecular complexity index is 534. The summed E-state index contributed by atoms with van der Waals surface area (Å²) in [5.74, 6) is 0. The maximum atomic E-state index is 13.2. The fourth-order valence-corrected chi connectivity index (χ4v) is 7.69. The Morgan fingerprint density at radius 2 is 0.658 bits per heavy atom. The highest BCUT2D eigenvalue weighted by Gasteiger charge is 2.31. The van der Waals surface area contributed by atoms with Crippen LogP contribution in [0.1, 0.15) is 181 Å². The fourth-order valence-electron chi connectivity index (χ4n) is 5.22. The highest BCUT2D eigenvalue weighted by Crippen LogP contribution is 2.22. The lowest BCUT2D eigenvalue weighted by Crippen LogP contribution is -2.34. The van der Waals surface area contributed by atoms with E-state index in [1.165, 1.54) is 116 Å². The van der Waals surface area contributed by atoms with Crippen molar-refractivity contribution in [1.82, 2.24) is 0 Å². The smallest absolute Gasteiger partial charge is 0.201 e. The fraction of sp³-hybridized carbons (Fsp3) is 0.938. The van der Waals surface area contributed by atoms with Crippen LogP contribution in [0.3, 0.4) is 0 Å². The van der Waals surface area contributed by atoms with Gasteiger partial charge in [0, 0.05) is 10.8 Å². The Morgan fingerprint density at radius 1 is 0.447 bits per heavy atom. The molecule has 0 bridgehead atoms. The summed E-state index contributed by atoms with van der Waals surface area (Å²) in [7, 11) is -1.54. The normalized spacial score (nSPS) is 13.9. The van der Waals surface area contributed by atoms with Crippen molar-refractivity contribution in [2.24, 2.45) is 0 Å². The number of unbranched alkanes of at least 4 members (excludes halogenated alkanes) is 22. The van der Waals surface area contributed by atoms with Crippen molar-refractivity contribution in [2.45, 2.75) is 191 Å². The average molecular weight is 591 g/mol. The Kier molecular flexibility index (Phi) is 28.9. The summed E-state index contributed by atoms with van der Waals surface area (Å²) >= 11 is 8.06. The predicted molar refractivity (Wildman–Crippen MR) is 175 cm³/mol. The third kappa shape index (κ3) is 22.9. The lowest BCUT2D eigenvalue weighted by atomic mass is 10.0. The number of hydrogen-bond acceptors (Lipinski definition) is 3. The molecular formula is C32H62O3S3. The summed E-state index contributed by atoms with van der Waals surface area (Å²) in [5, 5.41) is -2.00. The first-order chi connectivity index (χ1) is 18.5. The van der Waals surface area contributed by atoms with Crippen molar-refractivity contribution in [2.75, 3.05) is 0 Å². The molecule has 0 aliphatic heterocycles. The molecule has 0 aromatic carbocycles. The first kappa shape index (κ1) is 38.2. The quantitative estimate of drug-likeness (QED) is 0.0646. The lowest BCUT2D eigenvalue weighted by molar-refractivity contribution is -0.110. The average Bonchev–Trinajstić information content (AvgIpc) is 2.89.